The maximum Gasteiger partial charge on any atom is 0.381 e. The molecule has 0 amide bonds. The summed E-state index contributed by atoms with van der Waals surface area (Å²) in [6.45, 7) is 2.25. The van der Waals surface area contributed by atoms with E-state index in [-0.39, 0.29) is 0 Å². The van der Waals surface area contributed by atoms with Gasteiger partial charge in [0.2, 0.25) is 0 Å². The van der Waals surface area contributed by atoms with Crippen LogP contribution < -0.4 is 0 Å². The smallest absolute Gasteiger partial charge is 0.381 e. The summed E-state index contributed by atoms with van der Waals surface area (Å²) in [6.07, 6.45) is 16.6. The third-order valence-electron chi connectivity index (χ3n) is 3.93. The molecule has 2 N–H and O–H groups in total. The molecule has 0 saturated carbocycles. The van der Waals surface area contributed by atoms with E-state index in [4.69, 9.17) is 5.11 Å². The lowest BCUT2D eigenvalue weighted by Crippen LogP contribution is -2.03. The second-order valence-corrected chi connectivity index (χ2v) is 6.12. The van der Waals surface area contributed by atoms with Crippen LogP contribution in [0.5, 0.6) is 0 Å². The SMILES string of the molecule is CCCCCCCCCCCCCCC[C@@H](O)C#CC(=O)O. The van der Waals surface area contributed by atoms with Gasteiger partial charge in [-0.2, -0.15) is 0 Å². The van der Waals surface area contributed by atoms with Gasteiger partial charge in [-0.05, 0) is 12.8 Å². The minimum absolute atomic E-state index is 0.581. The van der Waals surface area contributed by atoms with Crippen molar-refractivity contribution in [3.05, 3.63) is 0 Å². The third kappa shape index (κ3) is 17.0. The van der Waals surface area contributed by atoms with Gasteiger partial charge in [0.25, 0.3) is 0 Å². The molecule has 0 aromatic heterocycles. The second kappa shape index (κ2) is 16.4. The summed E-state index contributed by atoms with van der Waals surface area (Å²) in [7, 11) is 0. The second-order valence-electron chi connectivity index (χ2n) is 6.12. The molecule has 128 valence electrons. The van der Waals surface area contributed by atoms with Crippen LogP contribution in [0.1, 0.15) is 96.8 Å². The molecule has 0 saturated heterocycles. The highest BCUT2D eigenvalue weighted by Gasteiger charge is 1.99. The highest BCUT2D eigenvalue weighted by atomic mass is 16.4. The number of unbranched alkanes of at least 4 members (excludes halogenated alkanes) is 12. The minimum Gasteiger partial charge on any atom is -0.472 e. The Balaban J connectivity index is 3.18. The molecule has 0 aliphatic carbocycles. The largest absolute Gasteiger partial charge is 0.472 e. The zero-order chi connectivity index (χ0) is 16.5. The van der Waals surface area contributed by atoms with Gasteiger partial charge in [-0.15, -0.1) is 0 Å². The first-order valence-corrected chi connectivity index (χ1v) is 9.09. The topological polar surface area (TPSA) is 57.5 Å². The van der Waals surface area contributed by atoms with Gasteiger partial charge in [-0.1, -0.05) is 89.9 Å². The molecular weight excluding hydrogens is 276 g/mol. The molecule has 3 heteroatoms. The van der Waals surface area contributed by atoms with Crippen LogP contribution in [0.25, 0.3) is 0 Å². The maximum atomic E-state index is 10.2. The van der Waals surface area contributed by atoms with E-state index in [1.807, 2.05) is 5.92 Å². The molecule has 0 fully saturated rings. The van der Waals surface area contributed by atoms with Crippen molar-refractivity contribution in [2.45, 2.75) is 103 Å². The molecule has 0 radical (unpaired) electrons. The number of carboxylic acid groups (broad SMARTS) is 1. The Hall–Kier alpha value is -1.01. The average molecular weight is 310 g/mol. The summed E-state index contributed by atoms with van der Waals surface area (Å²) in [4.78, 5) is 10.2. The van der Waals surface area contributed by atoms with Crippen molar-refractivity contribution in [3.8, 4) is 11.8 Å². The van der Waals surface area contributed by atoms with Crippen molar-refractivity contribution in [1.82, 2.24) is 0 Å². The summed E-state index contributed by atoms with van der Waals surface area (Å²) in [5, 5.41) is 17.8. The first-order chi connectivity index (χ1) is 10.7. The van der Waals surface area contributed by atoms with Crippen LogP contribution in [0.15, 0.2) is 0 Å². The number of aliphatic carboxylic acids is 1. The zero-order valence-electron chi connectivity index (χ0n) is 14.3. The molecular formula is C19H34O3. The number of rotatable bonds is 14. The first-order valence-electron chi connectivity index (χ1n) is 9.09. The van der Waals surface area contributed by atoms with Crippen molar-refractivity contribution in [3.63, 3.8) is 0 Å². The number of aliphatic hydroxyl groups is 1. The van der Waals surface area contributed by atoms with Crippen LogP contribution in [0.4, 0.5) is 0 Å². The monoisotopic (exact) mass is 310 g/mol. The number of hydrogen-bond donors (Lipinski definition) is 2. The third-order valence-corrected chi connectivity index (χ3v) is 3.93. The molecule has 0 unspecified atom stereocenters. The van der Waals surface area contributed by atoms with Crippen molar-refractivity contribution in [2.24, 2.45) is 0 Å². The Morgan fingerprint density at radius 1 is 0.818 bits per heavy atom. The Bertz CT molecular complexity index is 314. The summed E-state index contributed by atoms with van der Waals surface area (Å²) < 4.78 is 0. The van der Waals surface area contributed by atoms with Crippen molar-refractivity contribution >= 4 is 5.97 Å². The van der Waals surface area contributed by atoms with Crippen LogP contribution in [0.2, 0.25) is 0 Å². The van der Waals surface area contributed by atoms with Gasteiger partial charge in [-0.3, -0.25) is 0 Å². The van der Waals surface area contributed by atoms with E-state index in [0.717, 1.165) is 12.8 Å². The van der Waals surface area contributed by atoms with Gasteiger partial charge < -0.3 is 10.2 Å². The molecule has 0 aromatic rings. The van der Waals surface area contributed by atoms with E-state index >= 15 is 0 Å². The summed E-state index contributed by atoms with van der Waals surface area (Å²) in [5.41, 5.74) is 0. The molecule has 22 heavy (non-hydrogen) atoms. The van der Waals surface area contributed by atoms with Gasteiger partial charge in [0.05, 0.1) is 0 Å². The van der Waals surface area contributed by atoms with Gasteiger partial charge >= 0.3 is 5.97 Å². The molecule has 0 aliphatic rings. The Morgan fingerprint density at radius 3 is 1.64 bits per heavy atom. The van der Waals surface area contributed by atoms with Crippen molar-refractivity contribution in [2.75, 3.05) is 0 Å². The predicted octanol–water partition coefficient (Wildman–Crippen LogP) is 4.92. The molecule has 0 bridgehead atoms. The summed E-state index contributed by atoms with van der Waals surface area (Å²) in [5.74, 6) is 3.11. The molecule has 0 aromatic carbocycles. The lowest BCUT2D eigenvalue weighted by molar-refractivity contribution is -0.130. The van der Waals surface area contributed by atoms with E-state index in [1.54, 1.807) is 0 Å². The quantitative estimate of drug-likeness (QED) is 0.354. The van der Waals surface area contributed by atoms with Gasteiger partial charge in [-0.25, -0.2) is 4.79 Å². The normalized spacial score (nSPS) is 11.7. The number of carbonyl (C=O) groups is 1. The fourth-order valence-corrected chi connectivity index (χ4v) is 2.57. The van der Waals surface area contributed by atoms with Crippen LogP contribution >= 0.6 is 0 Å². The Morgan fingerprint density at radius 2 is 1.23 bits per heavy atom. The summed E-state index contributed by atoms with van der Waals surface area (Å²) in [6, 6.07) is 0. The fourth-order valence-electron chi connectivity index (χ4n) is 2.57. The lowest BCUT2D eigenvalue weighted by atomic mass is 10.0. The Kier molecular flexibility index (Phi) is 15.6. The number of carboxylic acids is 1. The zero-order valence-corrected chi connectivity index (χ0v) is 14.3. The van der Waals surface area contributed by atoms with Gasteiger partial charge in [0, 0.05) is 5.92 Å². The summed E-state index contributed by atoms with van der Waals surface area (Å²) >= 11 is 0. The number of aliphatic hydroxyl groups excluding tert-OH is 1. The van der Waals surface area contributed by atoms with Gasteiger partial charge in [0.1, 0.15) is 6.10 Å². The maximum absolute atomic E-state index is 10.2. The predicted molar refractivity (Wildman–Crippen MR) is 91.7 cm³/mol. The van der Waals surface area contributed by atoms with Crippen LogP contribution in [-0.2, 0) is 4.79 Å². The Labute approximate surface area is 136 Å². The molecule has 3 nitrogen and oxygen atoms in total. The standard InChI is InChI=1S/C19H34O3/c1-2-3-4-5-6-7-8-9-10-11-12-13-14-15-18(20)16-17-19(21)22/h18,20H,2-15H2,1H3,(H,21,22)/t18-/m1/s1. The van der Waals surface area contributed by atoms with E-state index in [2.05, 4.69) is 12.8 Å². The highest BCUT2D eigenvalue weighted by Crippen LogP contribution is 2.13. The number of hydrogen-bond acceptors (Lipinski definition) is 2. The average Bonchev–Trinajstić information content (AvgIpc) is 2.49. The van der Waals surface area contributed by atoms with Crippen LogP contribution in [-0.4, -0.2) is 22.3 Å². The first kappa shape index (κ1) is 21.0. The molecule has 1 atom stereocenters. The molecule has 0 heterocycles. The van der Waals surface area contributed by atoms with Crippen molar-refractivity contribution < 1.29 is 15.0 Å². The van der Waals surface area contributed by atoms with Gasteiger partial charge in [0.15, 0.2) is 0 Å². The van der Waals surface area contributed by atoms with Crippen LogP contribution in [0, 0.1) is 11.8 Å². The minimum atomic E-state index is -1.18. The lowest BCUT2D eigenvalue weighted by Gasteiger charge is -2.04. The van der Waals surface area contributed by atoms with Crippen molar-refractivity contribution in [1.29, 1.82) is 0 Å². The van der Waals surface area contributed by atoms with E-state index in [0.29, 0.717) is 6.42 Å². The van der Waals surface area contributed by atoms with E-state index in [1.165, 1.54) is 70.6 Å². The fraction of sp³-hybridized carbons (Fsp3) is 0.842. The highest BCUT2D eigenvalue weighted by molar-refractivity contribution is 5.86. The molecule has 0 spiro atoms. The molecule has 0 rings (SSSR count). The van der Waals surface area contributed by atoms with E-state index < -0.39 is 12.1 Å². The van der Waals surface area contributed by atoms with E-state index in [9.17, 15) is 9.90 Å². The van der Waals surface area contributed by atoms with Crippen LogP contribution in [0.3, 0.4) is 0 Å². The molecule has 0 aliphatic heterocycles.